The Morgan fingerprint density at radius 3 is 2.90 bits per heavy atom. The number of ether oxygens (including phenoxy) is 1. The van der Waals surface area contributed by atoms with Crippen LogP contribution in [0.4, 0.5) is 0 Å². The van der Waals surface area contributed by atoms with Gasteiger partial charge in [0.05, 0.1) is 20.8 Å². The van der Waals surface area contributed by atoms with Gasteiger partial charge in [0.15, 0.2) is 0 Å². The molecular weight excluding hydrogens is 401 g/mol. The minimum absolute atomic E-state index is 0.0945. The van der Waals surface area contributed by atoms with Crippen molar-refractivity contribution >= 4 is 48.8 Å². The number of pyridine rings is 1. The Labute approximate surface area is 143 Å². The molecule has 1 unspecified atom stereocenters. The van der Waals surface area contributed by atoms with E-state index in [1.807, 2.05) is 31.0 Å². The highest BCUT2D eigenvalue weighted by molar-refractivity contribution is 14.1. The van der Waals surface area contributed by atoms with Crippen LogP contribution in [0.25, 0.3) is 10.9 Å². The van der Waals surface area contributed by atoms with Gasteiger partial charge in [0.1, 0.15) is 6.23 Å². The van der Waals surface area contributed by atoms with Crippen molar-refractivity contribution in [1.82, 2.24) is 9.99 Å². The second-order valence-corrected chi connectivity index (χ2v) is 6.71. The lowest BCUT2D eigenvalue weighted by Crippen LogP contribution is -2.29. The minimum Gasteiger partial charge on any atom is -0.360 e. The number of rotatable bonds is 5. The van der Waals surface area contributed by atoms with Crippen LogP contribution in [0.2, 0.25) is 5.02 Å². The lowest BCUT2D eigenvalue weighted by Gasteiger charge is -2.25. The van der Waals surface area contributed by atoms with Crippen molar-refractivity contribution < 1.29 is 4.74 Å². The highest BCUT2D eigenvalue weighted by Gasteiger charge is 2.12. The zero-order chi connectivity index (χ0) is 15.4. The molecule has 0 aliphatic rings. The molecule has 0 aliphatic heterocycles. The number of hydrazone groups is 1. The number of fused-ring (bicyclic) bond motifs is 1. The highest BCUT2D eigenvalue weighted by atomic mass is 127. The third-order valence-electron chi connectivity index (χ3n) is 3.08. The molecule has 4 nitrogen and oxygen atoms in total. The van der Waals surface area contributed by atoms with Gasteiger partial charge in [0.2, 0.25) is 0 Å². The summed E-state index contributed by atoms with van der Waals surface area (Å²) in [5.74, 6) is 0. The fraction of sp³-hybridized carbons (Fsp3) is 0.333. The SMILES string of the molecule is COC(C)N(Cc1ccc2ncc(Cl)cc2c1)/N=C(\C)I. The van der Waals surface area contributed by atoms with Crippen molar-refractivity contribution in [2.24, 2.45) is 5.10 Å². The van der Waals surface area contributed by atoms with Gasteiger partial charge in [-0.15, -0.1) is 0 Å². The maximum Gasteiger partial charge on any atom is 0.142 e. The van der Waals surface area contributed by atoms with E-state index >= 15 is 0 Å². The molecule has 1 aromatic heterocycles. The standard InChI is InChI=1S/C15H17ClIN3O/c1-10(17)19-20(11(2)21-3)9-12-4-5-15-13(6-12)7-14(16)8-18-15/h4-8,11H,9H2,1-3H3/b19-10+. The molecule has 0 aliphatic carbocycles. The van der Waals surface area contributed by atoms with Gasteiger partial charge in [-0.05, 0) is 60.2 Å². The normalized spacial score (nSPS) is 13.5. The van der Waals surface area contributed by atoms with Gasteiger partial charge in [-0.25, -0.2) is 0 Å². The van der Waals surface area contributed by atoms with Crippen molar-refractivity contribution in [3.05, 3.63) is 41.0 Å². The Kier molecular flexibility index (Phi) is 5.78. The van der Waals surface area contributed by atoms with Gasteiger partial charge in [-0.1, -0.05) is 17.7 Å². The van der Waals surface area contributed by atoms with Crippen LogP contribution in [0.15, 0.2) is 35.6 Å². The summed E-state index contributed by atoms with van der Waals surface area (Å²) in [5.41, 5.74) is 2.07. The van der Waals surface area contributed by atoms with Crippen LogP contribution >= 0.6 is 34.2 Å². The van der Waals surface area contributed by atoms with Crippen LogP contribution in [0, 0.1) is 0 Å². The monoisotopic (exact) mass is 417 g/mol. The van der Waals surface area contributed by atoms with Crippen LogP contribution in [-0.2, 0) is 11.3 Å². The summed E-state index contributed by atoms with van der Waals surface area (Å²) in [7, 11) is 1.68. The molecule has 0 bridgehead atoms. The maximum atomic E-state index is 6.00. The summed E-state index contributed by atoms with van der Waals surface area (Å²) in [5, 5.41) is 8.10. The molecule has 2 rings (SSSR count). The van der Waals surface area contributed by atoms with Gasteiger partial charge in [-0.3, -0.25) is 9.99 Å². The van der Waals surface area contributed by atoms with Gasteiger partial charge < -0.3 is 4.74 Å². The number of hydrogen-bond acceptors (Lipinski definition) is 4. The van der Waals surface area contributed by atoms with E-state index in [-0.39, 0.29) is 6.23 Å². The molecule has 6 heteroatoms. The Morgan fingerprint density at radius 1 is 1.48 bits per heavy atom. The molecule has 0 fully saturated rings. The number of benzene rings is 1. The molecule has 0 saturated heterocycles. The summed E-state index contributed by atoms with van der Waals surface area (Å²) in [6.07, 6.45) is 1.56. The van der Waals surface area contributed by atoms with E-state index < -0.39 is 0 Å². The third-order valence-corrected chi connectivity index (χ3v) is 3.51. The van der Waals surface area contributed by atoms with E-state index in [2.05, 4.69) is 44.8 Å². The van der Waals surface area contributed by atoms with E-state index in [0.29, 0.717) is 11.6 Å². The molecule has 0 radical (unpaired) electrons. The molecule has 0 saturated carbocycles. The number of halogens is 2. The van der Waals surface area contributed by atoms with Crippen LogP contribution in [0.5, 0.6) is 0 Å². The lowest BCUT2D eigenvalue weighted by molar-refractivity contribution is -0.0224. The van der Waals surface area contributed by atoms with E-state index in [1.165, 1.54) is 0 Å². The first-order valence-corrected chi connectivity index (χ1v) is 7.99. The largest absolute Gasteiger partial charge is 0.360 e. The quantitative estimate of drug-likeness (QED) is 0.312. The number of nitrogens with zero attached hydrogens (tertiary/aromatic N) is 3. The summed E-state index contributed by atoms with van der Waals surface area (Å²) >= 11 is 8.20. The van der Waals surface area contributed by atoms with Gasteiger partial charge >= 0.3 is 0 Å². The Hall–Kier alpha value is -0.920. The molecule has 1 heterocycles. The zero-order valence-electron chi connectivity index (χ0n) is 12.2. The van der Waals surface area contributed by atoms with Crippen molar-refractivity contribution in [2.45, 2.75) is 26.6 Å². The van der Waals surface area contributed by atoms with Crippen molar-refractivity contribution in [1.29, 1.82) is 0 Å². The summed E-state index contributed by atoms with van der Waals surface area (Å²) in [6, 6.07) is 8.06. The topological polar surface area (TPSA) is 37.7 Å². The Bertz CT molecular complexity index is 658. The smallest absolute Gasteiger partial charge is 0.142 e. The second kappa shape index (κ2) is 7.38. The lowest BCUT2D eigenvalue weighted by atomic mass is 10.1. The van der Waals surface area contributed by atoms with Crippen LogP contribution < -0.4 is 0 Å². The van der Waals surface area contributed by atoms with Crippen LogP contribution in [-0.4, -0.2) is 27.0 Å². The van der Waals surface area contributed by atoms with Gasteiger partial charge in [-0.2, -0.15) is 5.10 Å². The van der Waals surface area contributed by atoms with Crippen molar-refractivity contribution in [2.75, 3.05) is 7.11 Å². The predicted molar refractivity (Wildman–Crippen MR) is 95.9 cm³/mol. The van der Waals surface area contributed by atoms with Gasteiger partial charge in [0, 0.05) is 18.7 Å². The van der Waals surface area contributed by atoms with E-state index in [1.54, 1.807) is 13.3 Å². The molecule has 112 valence electrons. The molecule has 0 N–H and O–H groups in total. The predicted octanol–water partition coefficient (Wildman–Crippen LogP) is 4.45. The fourth-order valence-corrected chi connectivity index (χ4v) is 2.43. The molecular formula is C15H17ClIN3O. The summed E-state index contributed by atoms with van der Waals surface area (Å²) in [6.45, 7) is 4.60. The van der Waals surface area contributed by atoms with E-state index in [4.69, 9.17) is 16.3 Å². The van der Waals surface area contributed by atoms with Crippen molar-refractivity contribution in [3.63, 3.8) is 0 Å². The zero-order valence-corrected chi connectivity index (χ0v) is 15.1. The summed E-state index contributed by atoms with van der Waals surface area (Å²) in [4.78, 5) is 4.30. The maximum absolute atomic E-state index is 6.00. The number of hydrogen-bond donors (Lipinski definition) is 0. The third kappa shape index (κ3) is 4.52. The van der Waals surface area contributed by atoms with Crippen LogP contribution in [0.1, 0.15) is 19.4 Å². The molecule has 21 heavy (non-hydrogen) atoms. The van der Waals surface area contributed by atoms with Gasteiger partial charge in [0.25, 0.3) is 0 Å². The Balaban J connectivity index is 2.29. The summed E-state index contributed by atoms with van der Waals surface area (Å²) < 4.78 is 6.33. The number of aromatic nitrogens is 1. The average Bonchev–Trinajstić information content (AvgIpc) is 2.44. The molecule has 1 atom stereocenters. The first kappa shape index (κ1) is 16.5. The molecule has 0 amide bonds. The first-order valence-electron chi connectivity index (χ1n) is 6.54. The highest BCUT2D eigenvalue weighted by Crippen LogP contribution is 2.20. The van der Waals surface area contributed by atoms with E-state index in [0.717, 1.165) is 20.2 Å². The number of methoxy groups -OCH3 is 1. The minimum atomic E-state index is -0.0945. The van der Waals surface area contributed by atoms with Crippen molar-refractivity contribution in [3.8, 4) is 0 Å². The molecule has 2 aromatic rings. The second-order valence-electron chi connectivity index (χ2n) is 4.71. The molecule has 1 aromatic carbocycles. The average molecular weight is 418 g/mol. The molecule has 0 spiro atoms. The first-order chi connectivity index (χ1) is 9.99. The van der Waals surface area contributed by atoms with Crippen LogP contribution in [0.3, 0.4) is 0 Å². The fourth-order valence-electron chi connectivity index (χ4n) is 1.98. The Morgan fingerprint density at radius 2 is 2.24 bits per heavy atom. The van der Waals surface area contributed by atoms with E-state index in [9.17, 15) is 0 Å².